The lowest BCUT2D eigenvalue weighted by Gasteiger charge is -2.14. The molecular formula is C14H13F3N2O. The van der Waals surface area contributed by atoms with Crippen LogP contribution in [0.15, 0.2) is 36.4 Å². The Balaban J connectivity index is 2.33. The molecule has 2 rings (SSSR count). The Morgan fingerprint density at radius 3 is 2.55 bits per heavy atom. The smallest absolute Gasteiger partial charge is 0.387 e. The number of aryl methyl sites for hydroxylation is 1. The van der Waals surface area contributed by atoms with Gasteiger partial charge in [0, 0.05) is 0 Å². The van der Waals surface area contributed by atoms with Crippen LogP contribution in [0.3, 0.4) is 0 Å². The molecule has 0 spiro atoms. The van der Waals surface area contributed by atoms with Crippen LogP contribution < -0.4 is 15.8 Å². The van der Waals surface area contributed by atoms with E-state index in [1.54, 1.807) is 25.1 Å². The number of nitrogens with one attached hydrogen (secondary N) is 1. The molecule has 0 aliphatic rings. The van der Waals surface area contributed by atoms with Crippen molar-refractivity contribution >= 4 is 17.1 Å². The molecule has 0 saturated heterocycles. The third kappa shape index (κ3) is 3.14. The zero-order valence-electron chi connectivity index (χ0n) is 10.7. The van der Waals surface area contributed by atoms with Crippen LogP contribution in [-0.2, 0) is 0 Å². The molecule has 0 bridgehead atoms. The molecule has 0 aliphatic carbocycles. The number of hydrogen-bond donors (Lipinski definition) is 2. The summed E-state index contributed by atoms with van der Waals surface area (Å²) in [6.07, 6.45) is 0. The molecule has 0 aliphatic heterocycles. The van der Waals surface area contributed by atoms with Gasteiger partial charge in [0.25, 0.3) is 0 Å². The van der Waals surface area contributed by atoms with Crippen LogP contribution in [0.4, 0.5) is 30.2 Å². The summed E-state index contributed by atoms with van der Waals surface area (Å²) in [6, 6.07) is 8.88. The van der Waals surface area contributed by atoms with E-state index in [1.165, 1.54) is 18.2 Å². The number of alkyl halides is 2. The molecule has 0 fully saturated rings. The van der Waals surface area contributed by atoms with Crippen molar-refractivity contribution in [2.45, 2.75) is 13.5 Å². The van der Waals surface area contributed by atoms with Crippen molar-refractivity contribution in [3.8, 4) is 5.75 Å². The topological polar surface area (TPSA) is 47.3 Å². The predicted molar refractivity (Wildman–Crippen MR) is 71.9 cm³/mol. The summed E-state index contributed by atoms with van der Waals surface area (Å²) < 4.78 is 42.3. The molecule has 0 heterocycles. The van der Waals surface area contributed by atoms with Crippen molar-refractivity contribution in [1.29, 1.82) is 0 Å². The summed E-state index contributed by atoms with van der Waals surface area (Å²) in [4.78, 5) is 0. The molecule has 2 aromatic rings. The van der Waals surface area contributed by atoms with Crippen molar-refractivity contribution in [2.75, 3.05) is 11.1 Å². The second-order valence-corrected chi connectivity index (χ2v) is 4.19. The molecule has 106 valence electrons. The lowest BCUT2D eigenvalue weighted by Crippen LogP contribution is -2.05. The number of ether oxygens (including phenoxy) is 1. The van der Waals surface area contributed by atoms with Gasteiger partial charge >= 0.3 is 6.61 Å². The van der Waals surface area contributed by atoms with Crippen LogP contribution in [0.1, 0.15) is 5.56 Å². The van der Waals surface area contributed by atoms with E-state index in [9.17, 15) is 13.2 Å². The largest absolute Gasteiger partial charge is 0.433 e. The highest BCUT2D eigenvalue weighted by molar-refractivity contribution is 5.75. The second kappa shape index (κ2) is 5.73. The first-order valence-corrected chi connectivity index (χ1v) is 5.84. The van der Waals surface area contributed by atoms with Gasteiger partial charge in [0.05, 0.1) is 17.1 Å². The molecule has 2 aromatic carbocycles. The highest BCUT2D eigenvalue weighted by Crippen LogP contribution is 2.32. The van der Waals surface area contributed by atoms with Crippen molar-refractivity contribution in [3.63, 3.8) is 0 Å². The Hall–Kier alpha value is -2.37. The molecular weight excluding hydrogens is 269 g/mol. The van der Waals surface area contributed by atoms with E-state index in [-0.39, 0.29) is 11.4 Å². The monoisotopic (exact) mass is 282 g/mol. The van der Waals surface area contributed by atoms with Crippen molar-refractivity contribution in [1.82, 2.24) is 0 Å². The van der Waals surface area contributed by atoms with Gasteiger partial charge < -0.3 is 15.8 Å². The lowest BCUT2D eigenvalue weighted by atomic mass is 10.1. The minimum absolute atomic E-state index is 0.0103. The Morgan fingerprint density at radius 1 is 1.15 bits per heavy atom. The average molecular weight is 282 g/mol. The number of nitrogens with two attached hydrogens (primary N) is 1. The molecule has 0 radical (unpaired) electrons. The SMILES string of the molecule is Cc1cc(Nc2ccccc2OC(F)F)c(N)cc1F. The van der Waals surface area contributed by atoms with Gasteiger partial charge in [0.2, 0.25) is 0 Å². The number of benzene rings is 2. The molecule has 20 heavy (non-hydrogen) atoms. The van der Waals surface area contributed by atoms with Crippen LogP contribution in [0.5, 0.6) is 5.75 Å². The van der Waals surface area contributed by atoms with E-state index in [4.69, 9.17) is 5.73 Å². The standard InChI is InChI=1S/C14H13F3N2O/c1-8-6-12(10(18)7-9(8)15)19-11-4-2-3-5-13(11)20-14(16)17/h2-7,14,19H,18H2,1H3. The number of anilines is 3. The Kier molecular flexibility index (Phi) is 4.02. The average Bonchev–Trinajstić information content (AvgIpc) is 2.37. The minimum Gasteiger partial charge on any atom is -0.433 e. The number of hydrogen-bond acceptors (Lipinski definition) is 3. The molecule has 0 amide bonds. The first-order valence-electron chi connectivity index (χ1n) is 5.84. The Morgan fingerprint density at radius 2 is 1.85 bits per heavy atom. The highest BCUT2D eigenvalue weighted by Gasteiger charge is 2.11. The fourth-order valence-electron chi connectivity index (χ4n) is 1.72. The van der Waals surface area contributed by atoms with E-state index < -0.39 is 12.4 Å². The molecule has 6 heteroatoms. The zero-order valence-corrected chi connectivity index (χ0v) is 10.7. The van der Waals surface area contributed by atoms with Gasteiger partial charge in [-0.25, -0.2) is 4.39 Å². The highest BCUT2D eigenvalue weighted by atomic mass is 19.3. The van der Waals surface area contributed by atoms with Crippen LogP contribution in [0.25, 0.3) is 0 Å². The van der Waals surface area contributed by atoms with Gasteiger partial charge in [-0.15, -0.1) is 0 Å². The summed E-state index contributed by atoms with van der Waals surface area (Å²) in [5, 5.41) is 2.86. The molecule has 3 nitrogen and oxygen atoms in total. The van der Waals surface area contributed by atoms with E-state index >= 15 is 0 Å². The van der Waals surface area contributed by atoms with Gasteiger partial charge in [-0.3, -0.25) is 0 Å². The first-order chi connectivity index (χ1) is 9.47. The van der Waals surface area contributed by atoms with E-state index in [1.807, 2.05) is 0 Å². The second-order valence-electron chi connectivity index (χ2n) is 4.19. The third-order valence-electron chi connectivity index (χ3n) is 2.70. The number of rotatable bonds is 4. The summed E-state index contributed by atoms with van der Waals surface area (Å²) in [5.41, 5.74) is 7.03. The fraction of sp³-hybridized carbons (Fsp3) is 0.143. The molecule has 0 saturated carbocycles. The molecule has 0 aromatic heterocycles. The number of halogens is 3. The predicted octanol–water partition coefficient (Wildman–Crippen LogP) is 4.06. The zero-order chi connectivity index (χ0) is 14.7. The van der Waals surface area contributed by atoms with Gasteiger partial charge in [0.15, 0.2) is 0 Å². The van der Waals surface area contributed by atoms with Gasteiger partial charge in [-0.1, -0.05) is 12.1 Å². The minimum atomic E-state index is -2.93. The van der Waals surface area contributed by atoms with Gasteiger partial charge in [-0.2, -0.15) is 8.78 Å². The summed E-state index contributed by atoms with van der Waals surface area (Å²) in [7, 11) is 0. The molecule has 0 unspecified atom stereocenters. The van der Waals surface area contributed by atoms with Gasteiger partial charge in [-0.05, 0) is 36.8 Å². The van der Waals surface area contributed by atoms with Crippen LogP contribution in [-0.4, -0.2) is 6.61 Å². The summed E-state index contributed by atoms with van der Waals surface area (Å²) in [6.45, 7) is -1.34. The normalized spacial score (nSPS) is 10.7. The van der Waals surface area contributed by atoms with E-state index in [0.717, 1.165) is 0 Å². The van der Waals surface area contributed by atoms with Crippen molar-refractivity contribution in [3.05, 3.63) is 47.8 Å². The maximum absolute atomic E-state index is 13.3. The van der Waals surface area contributed by atoms with Gasteiger partial charge in [0.1, 0.15) is 11.6 Å². The maximum atomic E-state index is 13.3. The lowest BCUT2D eigenvalue weighted by molar-refractivity contribution is -0.0493. The first kappa shape index (κ1) is 14.0. The van der Waals surface area contributed by atoms with Crippen LogP contribution >= 0.6 is 0 Å². The number of nitrogen functional groups attached to an aromatic ring is 1. The van der Waals surface area contributed by atoms with E-state index in [0.29, 0.717) is 16.9 Å². The quantitative estimate of drug-likeness (QED) is 0.831. The maximum Gasteiger partial charge on any atom is 0.387 e. The number of para-hydroxylation sites is 2. The fourth-order valence-corrected chi connectivity index (χ4v) is 1.72. The van der Waals surface area contributed by atoms with Crippen molar-refractivity contribution < 1.29 is 17.9 Å². The van der Waals surface area contributed by atoms with Crippen LogP contribution in [0.2, 0.25) is 0 Å². The third-order valence-corrected chi connectivity index (χ3v) is 2.70. The molecule has 0 atom stereocenters. The molecule has 3 N–H and O–H groups in total. The van der Waals surface area contributed by atoms with Crippen molar-refractivity contribution in [2.24, 2.45) is 0 Å². The van der Waals surface area contributed by atoms with E-state index in [2.05, 4.69) is 10.1 Å². The Bertz CT molecular complexity index is 617. The summed E-state index contributed by atoms with van der Waals surface area (Å²) >= 11 is 0. The van der Waals surface area contributed by atoms with Crippen LogP contribution in [0, 0.1) is 12.7 Å². The summed E-state index contributed by atoms with van der Waals surface area (Å²) in [5.74, 6) is -0.436. The Labute approximate surface area is 114 Å².